The summed E-state index contributed by atoms with van der Waals surface area (Å²) in [5.41, 5.74) is -1.52. The first-order chi connectivity index (χ1) is 14.7. The van der Waals surface area contributed by atoms with Gasteiger partial charge in [0, 0.05) is 19.1 Å². The summed E-state index contributed by atoms with van der Waals surface area (Å²) in [7, 11) is 0. The van der Waals surface area contributed by atoms with Gasteiger partial charge in [0.1, 0.15) is 17.7 Å². The molecule has 0 aromatic heterocycles. The number of alkyl carbamates (subject to hydrolysis) is 1. The van der Waals surface area contributed by atoms with E-state index in [2.05, 4.69) is 31.4 Å². The first-order valence-electron chi connectivity index (χ1n) is 11.6. The quantitative estimate of drug-likeness (QED) is 0.643. The van der Waals surface area contributed by atoms with Gasteiger partial charge in [-0.15, -0.1) is 0 Å². The molecule has 3 fully saturated rings. The van der Waals surface area contributed by atoms with Crippen LogP contribution in [0.2, 0.25) is 0 Å². The predicted octanol–water partition coefficient (Wildman–Crippen LogP) is 2.64. The number of amides is 5. The lowest BCUT2D eigenvalue weighted by molar-refractivity contribution is -0.141. The Kier molecular flexibility index (Phi) is 6.50. The normalized spacial score (nSPS) is 28.6. The lowest BCUT2D eigenvalue weighted by Gasteiger charge is -2.43. The van der Waals surface area contributed by atoms with Gasteiger partial charge in [-0.1, -0.05) is 20.8 Å². The summed E-state index contributed by atoms with van der Waals surface area (Å²) in [6.45, 7) is 12.4. The third-order valence-corrected chi connectivity index (χ3v) is 6.49. The largest absolute Gasteiger partial charge is 0.444 e. The fourth-order valence-corrected chi connectivity index (χ4v) is 5.63. The molecule has 9 heteroatoms. The molecule has 2 unspecified atom stereocenters. The first kappa shape index (κ1) is 24.3. The average Bonchev–Trinajstić information content (AvgIpc) is 2.82. The molecule has 3 aliphatic rings. The van der Waals surface area contributed by atoms with E-state index in [-0.39, 0.29) is 29.8 Å². The van der Waals surface area contributed by atoms with Gasteiger partial charge in [-0.3, -0.25) is 14.5 Å². The molecule has 2 saturated heterocycles. The maximum Gasteiger partial charge on any atom is 0.407 e. The van der Waals surface area contributed by atoms with Crippen LogP contribution in [0.25, 0.3) is 0 Å². The molecule has 3 rings (SSSR count). The van der Waals surface area contributed by atoms with Crippen LogP contribution < -0.4 is 10.6 Å². The Morgan fingerprint density at radius 2 is 1.78 bits per heavy atom. The van der Waals surface area contributed by atoms with Crippen molar-refractivity contribution in [1.29, 1.82) is 0 Å². The van der Waals surface area contributed by atoms with Crippen molar-refractivity contribution in [2.45, 2.75) is 90.8 Å². The van der Waals surface area contributed by atoms with Crippen molar-refractivity contribution in [3.63, 3.8) is 0 Å². The monoisotopic (exact) mass is 450 g/mol. The standard InChI is InChI=1S/C23H38N4O5/c1-15-11-22(5,6)14-23(12-15)18(29)27(19(30)25-23)13-17(28)26-9-7-16(8-10-26)24-20(31)32-21(2,3)4/h15-16H,7-14H2,1-6H3,(H,24,31)(H,25,30). The Hall–Kier alpha value is -2.32. The van der Waals surface area contributed by atoms with E-state index in [0.717, 1.165) is 11.3 Å². The molecule has 0 aromatic rings. The summed E-state index contributed by atoms with van der Waals surface area (Å²) in [5, 5.41) is 5.76. The van der Waals surface area contributed by atoms with Gasteiger partial charge in [-0.2, -0.15) is 0 Å². The summed E-state index contributed by atoms with van der Waals surface area (Å²) in [5.74, 6) is -0.212. The number of ether oxygens (including phenoxy) is 1. The second kappa shape index (κ2) is 8.56. The maximum absolute atomic E-state index is 13.2. The number of imide groups is 1. The van der Waals surface area contributed by atoms with Gasteiger partial charge in [0.15, 0.2) is 0 Å². The van der Waals surface area contributed by atoms with E-state index in [4.69, 9.17) is 4.74 Å². The highest BCUT2D eigenvalue weighted by Gasteiger charge is 2.56. The molecule has 1 aliphatic carbocycles. The number of piperidine rings is 1. The highest BCUT2D eigenvalue weighted by atomic mass is 16.6. The molecule has 2 atom stereocenters. The van der Waals surface area contributed by atoms with Crippen LogP contribution >= 0.6 is 0 Å². The lowest BCUT2D eigenvalue weighted by atomic mass is 9.64. The molecule has 1 spiro atoms. The van der Waals surface area contributed by atoms with Crippen LogP contribution in [0.1, 0.15) is 73.6 Å². The van der Waals surface area contributed by atoms with Crippen molar-refractivity contribution in [2.75, 3.05) is 19.6 Å². The van der Waals surface area contributed by atoms with E-state index < -0.39 is 23.3 Å². The van der Waals surface area contributed by atoms with Crippen molar-refractivity contribution in [3.05, 3.63) is 0 Å². The molecule has 2 aliphatic heterocycles. The molecule has 5 amide bonds. The van der Waals surface area contributed by atoms with Crippen LogP contribution in [0, 0.1) is 11.3 Å². The van der Waals surface area contributed by atoms with Crippen LogP contribution in [0.5, 0.6) is 0 Å². The summed E-state index contributed by atoms with van der Waals surface area (Å²) in [6, 6.07) is -0.547. The number of hydrogen-bond donors (Lipinski definition) is 2. The second-order valence-corrected chi connectivity index (χ2v) is 11.6. The first-order valence-corrected chi connectivity index (χ1v) is 11.6. The Labute approximate surface area is 190 Å². The molecular weight excluding hydrogens is 412 g/mol. The summed E-state index contributed by atoms with van der Waals surface area (Å²) < 4.78 is 5.28. The van der Waals surface area contributed by atoms with E-state index >= 15 is 0 Å². The minimum atomic E-state index is -0.900. The van der Waals surface area contributed by atoms with Crippen LogP contribution in [0.4, 0.5) is 9.59 Å². The number of rotatable bonds is 3. The van der Waals surface area contributed by atoms with E-state index in [1.165, 1.54) is 0 Å². The van der Waals surface area contributed by atoms with Crippen molar-refractivity contribution >= 4 is 23.9 Å². The van der Waals surface area contributed by atoms with Crippen LogP contribution in [0.3, 0.4) is 0 Å². The fourth-order valence-electron chi connectivity index (χ4n) is 5.63. The number of hydrogen-bond acceptors (Lipinski definition) is 5. The number of nitrogens with zero attached hydrogens (tertiary/aromatic N) is 2. The second-order valence-electron chi connectivity index (χ2n) is 11.6. The van der Waals surface area contributed by atoms with Gasteiger partial charge < -0.3 is 20.3 Å². The van der Waals surface area contributed by atoms with E-state index in [1.807, 2.05) is 20.8 Å². The number of carbonyl (C=O) groups excluding carboxylic acids is 4. The molecule has 9 nitrogen and oxygen atoms in total. The number of nitrogens with one attached hydrogen (secondary N) is 2. The van der Waals surface area contributed by atoms with Crippen molar-refractivity contribution in [2.24, 2.45) is 11.3 Å². The highest BCUT2D eigenvalue weighted by molar-refractivity contribution is 6.09. The topological polar surface area (TPSA) is 108 Å². The summed E-state index contributed by atoms with van der Waals surface area (Å²) in [6.07, 6.45) is 2.93. The smallest absolute Gasteiger partial charge is 0.407 e. The molecule has 0 bridgehead atoms. The predicted molar refractivity (Wildman–Crippen MR) is 119 cm³/mol. The molecule has 2 N–H and O–H groups in total. The minimum Gasteiger partial charge on any atom is -0.444 e. The van der Waals surface area contributed by atoms with E-state index in [1.54, 1.807) is 4.90 Å². The molecule has 2 heterocycles. The zero-order chi connectivity index (χ0) is 23.9. The van der Waals surface area contributed by atoms with E-state index in [9.17, 15) is 19.2 Å². The fraction of sp³-hybridized carbons (Fsp3) is 0.826. The molecule has 0 aromatic carbocycles. The zero-order valence-corrected chi connectivity index (χ0v) is 20.2. The van der Waals surface area contributed by atoms with Crippen LogP contribution in [-0.2, 0) is 14.3 Å². The van der Waals surface area contributed by atoms with Gasteiger partial charge in [0.2, 0.25) is 5.91 Å². The number of urea groups is 1. The van der Waals surface area contributed by atoms with Crippen molar-refractivity contribution < 1.29 is 23.9 Å². The van der Waals surface area contributed by atoms with E-state index in [0.29, 0.717) is 44.7 Å². The summed E-state index contributed by atoms with van der Waals surface area (Å²) in [4.78, 5) is 53.5. The Morgan fingerprint density at radius 3 is 2.34 bits per heavy atom. The van der Waals surface area contributed by atoms with Gasteiger partial charge in [0.05, 0.1) is 0 Å². The van der Waals surface area contributed by atoms with Crippen LogP contribution in [-0.4, -0.2) is 70.6 Å². The molecule has 0 radical (unpaired) electrons. The highest BCUT2D eigenvalue weighted by Crippen LogP contribution is 2.46. The Balaban J connectivity index is 1.54. The maximum atomic E-state index is 13.2. The minimum absolute atomic E-state index is 0.0519. The van der Waals surface area contributed by atoms with Gasteiger partial charge in [-0.25, -0.2) is 9.59 Å². The summed E-state index contributed by atoms with van der Waals surface area (Å²) >= 11 is 0. The Morgan fingerprint density at radius 1 is 1.16 bits per heavy atom. The zero-order valence-electron chi connectivity index (χ0n) is 20.2. The third-order valence-electron chi connectivity index (χ3n) is 6.49. The number of carbonyl (C=O) groups is 4. The van der Waals surface area contributed by atoms with Crippen molar-refractivity contribution in [3.8, 4) is 0 Å². The van der Waals surface area contributed by atoms with Crippen LogP contribution in [0.15, 0.2) is 0 Å². The number of likely N-dealkylation sites (tertiary alicyclic amines) is 1. The molecular formula is C23H38N4O5. The van der Waals surface area contributed by atoms with Gasteiger partial charge in [-0.05, 0) is 64.2 Å². The van der Waals surface area contributed by atoms with Crippen molar-refractivity contribution in [1.82, 2.24) is 20.4 Å². The SMILES string of the molecule is CC1CC(C)(C)CC2(C1)NC(=O)N(CC(=O)N1CCC(NC(=O)OC(C)(C)C)CC1)C2=O. The third kappa shape index (κ3) is 5.53. The molecule has 180 valence electrons. The van der Waals surface area contributed by atoms with Gasteiger partial charge in [0.25, 0.3) is 5.91 Å². The molecule has 32 heavy (non-hydrogen) atoms. The lowest BCUT2D eigenvalue weighted by Crippen LogP contribution is -2.54. The average molecular weight is 451 g/mol. The molecule has 1 saturated carbocycles. The Bertz CT molecular complexity index is 782. The van der Waals surface area contributed by atoms with Gasteiger partial charge >= 0.3 is 12.1 Å².